The Hall–Kier alpha value is -0.200. The molecule has 0 saturated heterocycles. The molecule has 1 unspecified atom stereocenters. The van der Waals surface area contributed by atoms with E-state index in [-0.39, 0.29) is 19.3 Å². The summed E-state index contributed by atoms with van der Waals surface area (Å²) in [6.07, 6.45) is 0.0795. The molecule has 0 amide bonds. The molecule has 0 spiro atoms. The van der Waals surface area contributed by atoms with Crippen LogP contribution in [0.4, 0.5) is 0 Å². The minimum absolute atomic E-state index is 0.0626. The van der Waals surface area contributed by atoms with Gasteiger partial charge in [0.1, 0.15) is 0 Å². The first-order valence-electron chi connectivity index (χ1n) is 4.83. The molecule has 0 aliphatic carbocycles. The van der Waals surface area contributed by atoms with Crippen LogP contribution in [0.2, 0.25) is 0 Å². The summed E-state index contributed by atoms with van der Waals surface area (Å²) in [6, 6.07) is 0. The van der Waals surface area contributed by atoms with Crippen molar-refractivity contribution in [1.29, 1.82) is 0 Å². The molecular formula is C9H20O5. The van der Waals surface area contributed by atoms with Crippen LogP contribution < -0.4 is 0 Å². The molecule has 0 fully saturated rings. The summed E-state index contributed by atoms with van der Waals surface area (Å²) in [4.78, 5) is 0. The normalized spacial score (nSPS) is 13.5. The molecule has 5 nitrogen and oxygen atoms in total. The molecule has 5 heteroatoms. The molecule has 0 saturated carbocycles. The molecule has 0 aromatic carbocycles. The summed E-state index contributed by atoms with van der Waals surface area (Å²) < 4.78 is 10.3. The maximum absolute atomic E-state index is 8.50. The molecule has 0 heterocycles. The summed E-state index contributed by atoms with van der Waals surface area (Å²) in [6.45, 7) is 2.88. The number of rotatable bonds is 9. The Bertz CT molecular complexity index is 118. The number of hydrogen-bond acceptors (Lipinski definition) is 5. The number of ether oxygens (including phenoxy) is 2. The zero-order valence-electron chi connectivity index (χ0n) is 8.56. The van der Waals surface area contributed by atoms with E-state index in [4.69, 9.17) is 24.8 Å². The van der Waals surface area contributed by atoms with Gasteiger partial charge in [-0.1, -0.05) is 0 Å². The second kappa shape index (κ2) is 9.36. The molecule has 14 heavy (non-hydrogen) atoms. The van der Waals surface area contributed by atoms with Gasteiger partial charge in [0.05, 0.1) is 19.3 Å². The molecule has 0 aromatic rings. The average molecular weight is 208 g/mol. The fourth-order valence-corrected chi connectivity index (χ4v) is 0.886. The molecule has 1 atom stereocenters. The van der Waals surface area contributed by atoms with Crippen LogP contribution in [-0.4, -0.2) is 54.1 Å². The van der Waals surface area contributed by atoms with Gasteiger partial charge in [-0.3, -0.25) is 0 Å². The number of aliphatic hydroxyl groups excluding tert-OH is 2. The standard InChI is InChI=1S/C9H20O5/c1-8(6-13-7-9(11)12)14-5-3-2-4-10/h8-12H,2-7H2,1H3. The highest BCUT2D eigenvalue weighted by Crippen LogP contribution is 1.96. The molecule has 0 aliphatic heterocycles. The maximum atomic E-state index is 8.50. The Morgan fingerprint density at radius 2 is 1.86 bits per heavy atom. The van der Waals surface area contributed by atoms with Gasteiger partial charge in [-0.25, -0.2) is 0 Å². The van der Waals surface area contributed by atoms with Crippen molar-refractivity contribution >= 4 is 0 Å². The van der Waals surface area contributed by atoms with E-state index in [0.29, 0.717) is 13.2 Å². The largest absolute Gasteiger partial charge is 0.396 e. The van der Waals surface area contributed by atoms with E-state index in [1.54, 1.807) is 0 Å². The summed E-state index contributed by atoms with van der Waals surface area (Å²) in [7, 11) is 0. The molecule has 0 aliphatic rings. The number of aliphatic hydroxyl groups is 3. The molecule has 0 radical (unpaired) electrons. The van der Waals surface area contributed by atoms with E-state index in [1.807, 2.05) is 6.92 Å². The SMILES string of the molecule is CC(COCC(O)O)OCCCCO. The van der Waals surface area contributed by atoms with Crippen LogP contribution in [0.5, 0.6) is 0 Å². The third-order valence-electron chi connectivity index (χ3n) is 1.57. The van der Waals surface area contributed by atoms with E-state index < -0.39 is 6.29 Å². The van der Waals surface area contributed by atoms with Crippen molar-refractivity contribution in [1.82, 2.24) is 0 Å². The van der Waals surface area contributed by atoms with Crippen LogP contribution in [0.15, 0.2) is 0 Å². The summed E-state index contributed by atoms with van der Waals surface area (Å²) in [5.41, 5.74) is 0. The molecule has 0 bridgehead atoms. The Labute approximate surface area is 84.3 Å². The quantitative estimate of drug-likeness (QED) is 0.351. The molecular weight excluding hydrogens is 188 g/mol. The van der Waals surface area contributed by atoms with E-state index >= 15 is 0 Å². The predicted octanol–water partition coefficient (Wildman–Crippen LogP) is -0.509. The Morgan fingerprint density at radius 3 is 2.43 bits per heavy atom. The third kappa shape index (κ3) is 9.88. The van der Waals surface area contributed by atoms with Crippen molar-refractivity contribution in [2.24, 2.45) is 0 Å². The van der Waals surface area contributed by atoms with Crippen LogP contribution in [0.1, 0.15) is 19.8 Å². The van der Waals surface area contributed by atoms with E-state index in [1.165, 1.54) is 0 Å². The van der Waals surface area contributed by atoms with Crippen molar-refractivity contribution in [2.75, 3.05) is 26.4 Å². The van der Waals surface area contributed by atoms with Crippen LogP contribution in [-0.2, 0) is 9.47 Å². The lowest BCUT2D eigenvalue weighted by molar-refractivity contribution is -0.109. The van der Waals surface area contributed by atoms with Crippen molar-refractivity contribution in [3.63, 3.8) is 0 Å². The molecule has 3 N–H and O–H groups in total. The predicted molar refractivity (Wildman–Crippen MR) is 50.8 cm³/mol. The highest BCUT2D eigenvalue weighted by molar-refractivity contribution is 4.48. The Kier molecular flexibility index (Phi) is 9.23. The summed E-state index contributed by atoms with van der Waals surface area (Å²) >= 11 is 0. The average Bonchev–Trinajstić information content (AvgIpc) is 2.12. The van der Waals surface area contributed by atoms with Gasteiger partial charge < -0.3 is 24.8 Å². The van der Waals surface area contributed by atoms with Crippen molar-refractivity contribution < 1.29 is 24.8 Å². The first-order valence-corrected chi connectivity index (χ1v) is 4.83. The summed E-state index contributed by atoms with van der Waals surface area (Å²) in [5, 5.41) is 25.4. The van der Waals surface area contributed by atoms with Crippen molar-refractivity contribution in [3.8, 4) is 0 Å². The van der Waals surface area contributed by atoms with Gasteiger partial charge in [0.25, 0.3) is 0 Å². The van der Waals surface area contributed by atoms with E-state index in [9.17, 15) is 0 Å². The lowest BCUT2D eigenvalue weighted by atomic mass is 10.3. The van der Waals surface area contributed by atoms with Gasteiger partial charge >= 0.3 is 0 Å². The lowest BCUT2D eigenvalue weighted by Gasteiger charge is -2.13. The van der Waals surface area contributed by atoms with Gasteiger partial charge in [-0.2, -0.15) is 0 Å². The van der Waals surface area contributed by atoms with Crippen molar-refractivity contribution in [2.45, 2.75) is 32.2 Å². The zero-order valence-corrected chi connectivity index (χ0v) is 8.56. The molecule has 0 aromatic heterocycles. The second-order valence-corrected chi connectivity index (χ2v) is 3.13. The van der Waals surface area contributed by atoms with Crippen LogP contribution in [0.25, 0.3) is 0 Å². The fourth-order valence-electron chi connectivity index (χ4n) is 0.886. The highest BCUT2D eigenvalue weighted by atomic mass is 16.6. The van der Waals surface area contributed by atoms with E-state index in [0.717, 1.165) is 12.8 Å². The van der Waals surface area contributed by atoms with Crippen molar-refractivity contribution in [3.05, 3.63) is 0 Å². The minimum atomic E-state index is -1.42. The number of unbranched alkanes of at least 4 members (excludes halogenated alkanes) is 1. The smallest absolute Gasteiger partial charge is 0.175 e. The van der Waals surface area contributed by atoms with Gasteiger partial charge in [0, 0.05) is 13.2 Å². The first kappa shape index (κ1) is 13.8. The van der Waals surface area contributed by atoms with Crippen LogP contribution in [0.3, 0.4) is 0 Å². The lowest BCUT2D eigenvalue weighted by Crippen LogP contribution is -2.21. The molecule has 86 valence electrons. The number of hydrogen-bond donors (Lipinski definition) is 3. The fraction of sp³-hybridized carbons (Fsp3) is 1.00. The zero-order chi connectivity index (χ0) is 10.8. The van der Waals surface area contributed by atoms with Gasteiger partial charge in [-0.15, -0.1) is 0 Å². The highest BCUT2D eigenvalue weighted by Gasteiger charge is 2.03. The van der Waals surface area contributed by atoms with Gasteiger partial charge in [0.15, 0.2) is 6.29 Å². The topological polar surface area (TPSA) is 79.2 Å². The maximum Gasteiger partial charge on any atom is 0.175 e. The van der Waals surface area contributed by atoms with E-state index in [2.05, 4.69) is 0 Å². The molecule has 0 rings (SSSR count). The Balaban J connectivity index is 3.15. The first-order chi connectivity index (χ1) is 6.66. The van der Waals surface area contributed by atoms with Crippen LogP contribution >= 0.6 is 0 Å². The monoisotopic (exact) mass is 208 g/mol. The van der Waals surface area contributed by atoms with Gasteiger partial charge in [-0.05, 0) is 19.8 Å². The summed E-state index contributed by atoms with van der Waals surface area (Å²) in [5.74, 6) is 0. The minimum Gasteiger partial charge on any atom is -0.396 e. The second-order valence-electron chi connectivity index (χ2n) is 3.13. The van der Waals surface area contributed by atoms with Gasteiger partial charge in [0.2, 0.25) is 0 Å². The van der Waals surface area contributed by atoms with Crippen LogP contribution in [0, 0.1) is 0 Å². The third-order valence-corrected chi connectivity index (χ3v) is 1.57. The Morgan fingerprint density at radius 1 is 1.14 bits per heavy atom.